The fourth-order valence-electron chi connectivity index (χ4n) is 3.38. The van der Waals surface area contributed by atoms with Crippen LogP contribution in [0.5, 0.6) is 0 Å². The van der Waals surface area contributed by atoms with Crippen molar-refractivity contribution < 1.29 is 14.1 Å². The number of carbonyl (C=O) groups excluding carboxylic acids is 2. The van der Waals surface area contributed by atoms with Crippen LogP contribution >= 0.6 is 0 Å². The van der Waals surface area contributed by atoms with E-state index in [0.29, 0.717) is 35.9 Å². The van der Waals surface area contributed by atoms with E-state index in [1.54, 1.807) is 11.0 Å². The number of hydrogen-bond acceptors (Lipinski definition) is 5. The van der Waals surface area contributed by atoms with E-state index in [2.05, 4.69) is 15.5 Å². The largest absolute Gasteiger partial charge is 0.334 e. The molecule has 1 fully saturated rings. The highest BCUT2D eigenvalue weighted by Gasteiger charge is 2.35. The van der Waals surface area contributed by atoms with Crippen LogP contribution in [0.1, 0.15) is 24.7 Å². The van der Waals surface area contributed by atoms with Crippen molar-refractivity contribution in [3.05, 3.63) is 59.9 Å². The highest BCUT2D eigenvalue weighted by Crippen LogP contribution is 2.29. The number of anilines is 2. The second kappa shape index (κ2) is 7.87. The number of para-hydroxylation sites is 1. The molecule has 0 saturated carbocycles. The van der Waals surface area contributed by atoms with Crippen molar-refractivity contribution in [1.29, 1.82) is 0 Å². The van der Waals surface area contributed by atoms with Crippen LogP contribution in [0.25, 0.3) is 11.5 Å². The third kappa shape index (κ3) is 3.89. The summed E-state index contributed by atoms with van der Waals surface area (Å²) in [5, 5.41) is 6.85. The molecule has 1 N–H and O–H groups in total. The van der Waals surface area contributed by atoms with Crippen LogP contribution in [0, 0.1) is 12.8 Å². The minimum Gasteiger partial charge on any atom is -0.334 e. The summed E-state index contributed by atoms with van der Waals surface area (Å²) in [4.78, 5) is 31.4. The van der Waals surface area contributed by atoms with Gasteiger partial charge in [0.1, 0.15) is 0 Å². The first-order valence-corrected chi connectivity index (χ1v) is 9.65. The first kappa shape index (κ1) is 18.9. The maximum absolute atomic E-state index is 12.9. The van der Waals surface area contributed by atoms with Crippen molar-refractivity contribution in [2.45, 2.75) is 26.7 Å². The molecule has 3 aromatic rings. The van der Waals surface area contributed by atoms with Crippen molar-refractivity contribution >= 4 is 23.2 Å². The van der Waals surface area contributed by atoms with E-state index in [9.17, 15) is 9.59 Å². The lowest BCUT2D eigenvalue weighted by Crippen LogP contribution is -2.28. The number of nitrogens with zero attached hydrogens (tertiary/aromatic N) is 3. The molecule has 1 atom stereocenters. The van der Waals surface area contributed by atoms with Gasteiger partial charge in [0.15, 0.2) is 5.82 Å². The van der Waals surface area contributed by atoms with E-state index in [-0.39, 0.29) is 18.2 Å². The first-order valence-electron chi connectivity index (χ1n) is 9.65. The predicted molar refractivity (Wildman–Crippen MR) is 109 cm³/mol. The van der Waals surface area contributed by atoms with Gasteiger partial charge in [-0.05, 0) is 31.2 Å². The lowest BCUT2D eigenvalue weighted by molar-refractivity contribution is -0.122. The molecule has 0 aliphatic carbocycles. The number of hydrogen-bond donors (Lipinski definition) is 1. The van der Waals surface area contributed by atoms with Crippen LogP contribution in [-0.4, -0.2) is 28.5 Å². The zero-order valence-corrected chi connectivity index (χ0v) is 16.4. The minimum atomic E-state index is -0.425. The second-order valence-corrected chi connectivity index (χ2v) is 7.15. The van der Waals surface area contributed by atoms with E-state index in [4.69, 9.17) is 4.52 Å². The lowest BCUT2D eigenvalue weighted by Gasteiger charge is -2.17. The topological polar surface area (TPSA) is 88.3 Å². The number of aromatic nitrogens is 2. The van der Waals surface area contributed by atoms with Crippen LogP contribution < -0.4 is 10.2 Å². The molecule has 2 heterocycles. The SMILES string of the molecule is CCc1noc(-c2ccccc2NC(=O)[C@H]2CC(=O)N(c3ccc(C)cc3)C2)n1. The van der Waals surface area contributed by atoms with Gasteiger partial charge in [0, 0.05) is 25.1 Å². The number of amides is 2. The number of benzene rings is 2. The Kier molecular flexibility index (Phi) is 5.12. The molecule has 0 unspecified atom stereocenters. The summed E-state index contributed by atoms with van der Waals surface area (Å²) >= 11 is 0. The van der Waals surface area contributed by atoms with E-state index in [1.165, 1.54) is 0 Å². The molecule has 7 heteroatoms. The zero-order valence-electron chi connectivity index (χ0n) is 16.4. The van der Waals surface area contributed by atoms with Gasteiger partial charge in [0.25, 0.3) is 5.89 Å². The van der Waals surface area contributed by atoms with Gasteiger partial charge in [-0.3, -0.25) is 9.59 Å². The molecule has 1 aliphatic heterocycles. The molecule has 7 nitrogen and oxygen atoms in total. The fourth-order valence-corrected chi connectivity index (χ4v) is 3.38. The van der Waals surface area contributed by atoms with Crippen molar-refractivity contribution in [3.63, 3.8) is 0 Å². The Hall–Kier alpha value is -3.48. The Balaban J connectivity index is 1.50. The third-order valence-electron chi connectivity index (χ3n) is 5.04. The fraction of sp³-hybridized carbons (Fsp3) is 0.273. The van der Waals surface area contributed by atoms with Crippen molar-refractivity contribution in [2.24, 2.45) is 5.92 Å². The van der Waals surface area contributed by atoms with E-state index >= 15 is 0 Å². The Morgan fingerprint density at radius 3 is 2.69 bits per heavy atom. The minimum absolute atomic E-state index is 0.0493. The predicted octanol–water partition coefficient (Wildman–Crippen LogP) is 3.60. The van der Waals surface area contributed by atoms with E-state index < -0.39 is 5.92 Å². The summed E-state index contributed by atoms with van der Waals surface area (Å²) in [7, 11) is 0. The van der Waals surface area contributed by atoms with Crippen LogP contribution in [0.2, 0.25) is 0 Å². The highest BCUT2D eigenvalue weighted by molar-refractivity contribution is 6.04. The van der Waals surface area contributed by atoms with Crippen LogP contribution in [0.4, 0.5) is 11.4 Å². The molecule has 0 spiro atoms. The molecule has 0 bridgehead atoms. The Morgan fingerprint density at radius 1 is 1.21 bits per heavy atom. The van der Waals surface area contributed by atoms with Gasteiger partial charge in [-0.1, -0.05) is 41.9 Å². The second-order valence-electron chi connectivity index (χ2n) is 7.15. The monoisotopic (exact) mass is 390 g/mol. The Labute approximate surface area is 168 Å². The molecule has 0 radical (unpaired) electrons. The Morgan fingerprint density at radius 2 is 1.97 bits per heavy atom. The maximum atomic E-state index is 12.9. The van der Waals surface area contributed by atoms with Crippen LogP contribution in [0.3, 0.4) is 0 Å². The first-order chi connectivity index (χ1) is 14.0. The number of carbonyl (C=O) groups is 2. The molecule has 4 rings (SSSR count). The van der Waals surface area contributed by atoms with E-state index in [0.717, 1.165) is 11.3 Å². The van der Waals surface area contributed by atoms with Crippen molar-refractivity contribution in [2.75, 3.05) is 16.8 Å². The van der Waals surface area contributed by atoms with Gasteiger partial charge in [-0.25, -0.2) is 0 Å². The smallest absolute Gasteiger partial charge is 0.260 e. The summed E-state index contributed by atoms with van der Waals surface area (Å²) in [5.41, 5.74) is 3.19. The van der Waals surface area contributed by atoms with Gasteiger partial charge in [-0.2, -0.15) is 4.98 Å². The van der Waals surface area contributed by atoms with Crippen molar-refractivity contribution in [3.8, 4) is 11.5 Å². The summed E-state index contributed by atoms with van der Waals surface area (Å²) < 4.78 is 5.32. The molecule has 1 saturated heterocycles. The number of rotatable bonds is 5. The summed E-state index contributed by atoms with van der Waals surface area (Å²) in [6, 6.07) is 15.0. The molecular weight excluding hydrogens is 368 g/mol. The van der Waals surface area contributed by atoms with Crippen LogP contribution in [-0.2, 0) is 16.0 Å². The number of nitrogens with one attached hydrogen (secondary N) is 1. The number of aryl methyl sites for hydroxylation is 2. The third-order valence-corrected chi connectivity index (χ3v) is 5.04. The highest BCUT2D eigenvalue weighted by atomic mass is 16.5. The average Bonchev–Trinajstić information content (AvgIpc) is 3.36. The summed E-state index contributed by atoms with van der Waals surface area (Å²) in [5.74, 6) is 0.297. The van der Waals surface area contributed by atoms with Crippen molar-refractivity contribution in [1.82, 2.24) is 10.1 Å². The Bertz CT molecular complexity index is 1040. The van der Waals surface area contributed by atoms with Gasteiger partial charge in [0.2, 0.25) is 11.8 Å². The lowest BCUT2D eigenvalue weighted by atomic mass is 10.1. The van der Waals surface area contributed by atoms with Crippen LogP contribution in [0.15, 0.2) is 53.1 Å². The van der Waals surface area contributed by atoms with Gasteiger partial charge in [0.05, 0.1) is 17.2 Å². The molecule has 2 amide bonds. The summed E-state index contributed by atoms with van der Waals surface area (Å²) in [6.07, 6.45) is 0.847. The van der Waals surface area contributed by atoms with Gasteiger partial charge >= 0.3 is 0 Å². The van der Waals surface area contributed by atoms with Gasteiger partial charge < -0.3 is 14.7 Å². The van der Waals surface area contributed by atoms with E-state index in [1.807, 2.05) is 56.3 Å². The normalized spacial score (nSPS) is 16.3. The van der Waals surface area contributed by atoms with Gasteiger partial charge in [-0.15, -0.1) is 0 Å². The molecule has 29 heavy (non-hydrogen) atoms. The summed E-state index contributed by atoms with van der Waals surface area (Å²) in [6.45, 7) is 4.30. The average molecular weight is 390 g/mol. The maximum Gasteiger partial charge on any atom is 0.260 e. The molecule has 1 aliphatic rings. The molecule has 1 aromatic heterocycles. The molecule has 148 valence electrons. The molecular formula is C22H22N4O3. The quantitative estimate of drug-likeness (QED) is 0.719. The standard InChI is InChI=1S/C22H22N4O3/c1-3-19-24-22(29-25-19)17-6-4-5-7-18(17)23-21(28)15-12-20(27)26(13-15)16-10-8-14(2)9-11-16/h4-11,15H,3,12-13H2,1-2H3,(H,23,28)/t15-/m0/s1. The zero-order chi connectivity index (χ0) is 20.4. The molecule has 2 aromatic carbocycles.